The Morgan fingerprint density at radius 3 is 1.93 bits per heavy atom. The molecule has 0 saturated carbocycles. The minimum Gasteiger partial charge on any atom is -0.469 e. The molecule has 0 bridgehead atoms. The van der Waals surface area contributed by atoms with Gasteiger partial charge in [0.05, 0.1) is 13.0 Å². The lowest BCUT2D eigenvalue weighted by atomic mass is 9.84. The Morgan fingerprint density at radius 2 is 1.45 bits per heavy atom. The summed E-state index contributed by atoms with van der Waals surface area (Å²) < 4.78 is 12.1. The van der Waals surface area contributed by atoms with E-state index in [4.69, 9.17) is 9.16 Å². The van der Waals surface area contributed by atoms with Crippen LogP contribution in [0.15, 0.2) is 72.8 Å². The summed E-state index contributed by atoms with van der Waals surface area (Å²) in [6.45, 7) is 7.38. The SMILES string of the molecule is COC(=O)[C@H]1CC=CC[C@H]1CO[Si](c1ccccc1)(c1ccccc1)C(C)(C)C. The lowest BCUT2D eigenvalue weighted by Gasteiger charge is -2.44. The van der Waals surface area contributed by atoms with Crippen LogP contribution >= 0.6 is 0 Å². The second kappa shape index (κ2) is 9.10. The smallest absolute Gasteiger partial charge is 0.309 e. The first kappa shape index (κ1) is 21.5. The highest BCUT2D eigenvalue weighted by Crippen LogP contribution is 2.38. The van der Waals surface area contributed by atoms with Crippen LogP contribution in [0.25, 0.3) is 0 Å². The Morgan fingerprint density at radius 1 is 0.931 bits per heavy atom. The summed E-state index contributed by atoms with van der Waals surface area (Å²) in [7, 11) is -1.11. The number of benzene rings is 2. The molecule has 3 rings (SSSR count). The van der Waals surface area contributed by atoms with Crippen molar-refractivity contribution in [3.05, 3.63) is 72.8 Å². The number of methoxy groups -OCH3 is 1. The van der Waals surface area contributed by atoms with Crippen LogP contribution in [-0.4, -0.2) is 28.0 Å². The molecule has 2 aromatic carbocycles. The molecular formula is C25H32O3Si. The summed E-state index contributed by atoms with van der Waals surface area (Å²) in [5.74, 6) is -0.136. The third-order valence-corrected chi connectivity index (χ3v) is 11.0. The number of allylic oxidation sites excluding steroid dienone is 2. The topological polar surface area (TPSA) is 35.5 Å². The van der Waals surface area contributed by atoms with Crippen LogP contribution in [0, 0.1) is 11.8 Å². The fourth-order valence-electron chi connectivity index (χ4n) is 4.49. The largest absolute Gasteiger partial charge is 0.469 e. The summed E-state index contributed by atoms with van der Waals surface area (Å²) in [6.07, 6.45) is 5.82. The number of esters is 1. The Kier molecular flexibility index (Phi) is 6.76. The van der Waals surface area contributed by atoms with Crippen LogP contribution in [0.5, 0.6) is 0 Å². The second-order valence-electron chi connectivity index (χ2n) is 8.81. The first-order valence-corrected chi connectivity index (χ1v) is 12.3. The van der Waals surface area contributed by atoms with Gasteiger partial charge in [-0.2, -0.15) is 0 Å². The zero-order valence-corrected chi connectivity index (χ0v) is 18.9. The predicted octanol–water partition coefficient (Wildman–Crippen LogP) is 4.32. The van der Waals surface area contributed by atoms with E-state index in [1.807, 2.05) is 0 Å². The number of hydrogen-bond donors (Lipinski definition) is 0. The van der Waals surface area contributed by atoms with E-state index < -0.39 is 8.32 Å². The predicted molar refractivity (Wildman–Crippen MR) is 121 cm³/mol. The maximum atomic E-state index is 12.3. The van der Waals surface area contributed by atoms with E-state index in [0.717, 1.165) is 12.8 Å². The fourth-order valence-corrected chi connectivity index (χ4v) is 9.11. The molecule has 0 spiro atoms. The van der Waals surface area contributed by atoms with Crippen molar-refractivity contribution in [3.63, 3.8) is 0 Å². The number of carbonyl (C=O) groups is 1. The number of carbonyl (C=O) groups excluding carboxylic acids is 1. The van der Waals surface area contributed by atoms with Gasteiger partial charge < -0.3 is 9.16 Å². The highest BCUT2D eigenvalue weighted by atomic mass is 28.4. The minimum absolute atomic E-state index is 0.0685. The normalized spacial score (nSPS) is 19.7. The fraction of sp³-hybridized carbons (Fsp3) is 0.400. The minimum atomic E-state index is -2.58. The average Bonchev–Trinajstić information content (AvgIpc) is 2.74. The van der Waals surface area contributed by atoms with Gasteiger partial charge in [0.1, 0.15) is 0 Å². The summed E-state index contributed by atoms with van der Waals surface area (Å²) in [5, 5.41) is 2.46. The molecule has 4 heteroatoms. The van der Waals surface area contributed by atoms with Gasteiger partial charge >= 0.3 is 5.97 Å². The molecule has 0 heterocycles. The molecule has 0 aliphatic heterocycles. The Balaban J connectivity index is 2.02. The summed E-state index contributed by atoms with van der Waals surface area (Å²) in [4.78, 5) is 12.3. The van der Waals surface area contributed by atoms with Crippen molar-refractivity contribution in [3.8, 4) is 0 Å². The molecule has 0 radical (unpaired) electrons. The van der Waals surface area contributed by atoms with Crippen LogP contribution < -0.4 is 10.4 Å². The first-order valence-electron chi connectivity index (χ1n) is 10.4. The van der Waals surface area contributed by atoms with Gasteiger partial charge in [0.25, 0.3) is 8.32 Å². The van der Waals surface area contributed by atoms with Gasteiger partial charge in [0.2, 0.25) is 0 Å². The molecule has 3 nitrogen and oxygen atoms in total. The standard InChI is InChI=1S/C25H32O3Si/c1-25(2,3)29(21-14-7-5-8-15-21,22-16-9-6-10-17-22)28-19-20-13-11-12-18-23(20)24(26)27-4/h5-12,14-17,20,23H,13,18-19H2,1-4H3/t20-,23-/m0/s1. The van der Waals surface area contributed by atoms with Crippen molar-refractivity contribution in [2.24, 2.45) is 11.8 Å². The second-order valence-corrected chi connectivity index (χ2v) is 13.1. The Bertz CT molecular complexity index is 785. The van der Waals surface area contributed by atoms with Crippen molar-refractivity contribution in [1.29, 1.82) is 0 Å². The summed E-state index contributed by atoms with van der Waals surface area (Å²) in [5.41, 5.74) is 0. The van der Waals surface area contributed by atoms with Crippen LogP contribution in [-0.2, 0) is 14.0 Å². The number of hydrogen-bond acceptors (Lipinski definition) is 3. The van der Waals surface area contributed by atoms with Crippen LogP contribution in [0.2, 0.25) is 5.04 Å². The zero-order valence-electron chi connectivity index (χ0n) is 17.9. The molecule has 154 valence electrons. The third kappa shape index (κ3) is 4.38. The maximum Gasteiger partial charge on any atom is 0.309 e. The molecule has 0 saturated heterocycles. The molecule has 0 unspecified atom stereocenters. The highest BCUT2D eigenvalue weighted by molar-refractivity contribution is 6.99. The van der Waals surface area contributed by atoms with E-state index in [1.165, 1.54) is 17.5 Å². The third-order valence-electron chi connectivity index (χ3n) is 6.00. The number of ether oxygens (including phenoxy) is 1. The molecule has 0 aromatic heterocycles. The Labute approximate surface area is 175 Å². The van der Waals surface area contributed by atoms with Crippen LogP contribution in [0.3, 0.4) is 0 Å². The lowest BCUT2D eigenvalue weighted by molar-refractivity contribution is -0.148. The lowest BCUT2D eigenvalue weighted by Crippen LogP contribution is -2.67. The number of rotatable bonds is 6. The van der Waals surface area contributed by atoms with E-state index >= 15 is 0 Å². The monoisotopic (exact) mass is 408 g/mol. The molecule has 0 amide bonds. The van der Waals surface area contributed by atoms with E-state index in [2.05, 4.69) is 93.6 Å². The van der Waals surface area contributed by atoms with E-state index in [0.29, 0.717) is 6.61 Å². The van der Waals surface area contributed by atoms with Gasteiger partial charge in [-0.3, -0.25) is 4.79 Å². The molecule has 29 heavy (non-hydrogen) atoms. The molecule has 1 aliphatic rings. The van der Waals surface area contributed by atoms with Crippen molar-refractivity contribution in [1.82, 2.24) is 0 Å². The van der Waals surface area contributed by atoms with Gasteiger partial charge in [-0.1, -0.05) is 93.6 Å². The molecule has 2 aromatic rings. The van der Waals surface area contributed by atoms with Crippen LogP contribution in [0.4, 0.5) is 0 Å². The highest BCUT2D eigenvalue weighted by Gasteiger charge is 2.50. The summed E-state index contributed by atoms with van der Waals surface area (Å²) in [6, 6.07) is 21.3. The maximum absolute atomic E-state index is 12.3. The van der Waals surface area contributed by atoms with Crippen molar-refractivity contribution in [2.75, 3.05) is 13.7 Å². The van der Waals surface area contributed by atoms with Crippen LogP contribution in [0.1, 0.15) is 33.6 Å². The van der Waals surface area contributed by atoms with Crippen molar-refractivity contribution < 1.29 is 14.0 Å². The molecule has 1 aliphatic carbocycles. The Hall–Kier alpha value is -2.17. The van der Waals surface area contributed by atoms with E-state index in [-0.39, 0.29) is 22.8 Å². The summed E-state index contributed by atoms with van der Waals surface area (Å²) >= 11 is 0. The zero-order chi connectivity index (χ0) is 20.9. The van der Waals surface area contributed by atoms with Gasteiger partial charge in [-0.25, -0.2) is 0 Å². The average molecular weight is 409 g/mol. The quantitative estimate of drug-likeness (QED) is 0.406. The molecule has 2 atom stereocenters. The van der Waals surface area contributed by atoms with Crippen molar-refractivity contribution in [2.45, 2.75) is 38.7 Å². The molecule has 0 fully saturated rings. The van der Waals surface area contributed by atoms with Gasteiger partial charge in [-0.15, -0.1) is 0 Å². The van der Waals surface area contributed by atoms with Gasteiger partial charge in [0.15, 0.2) is 0 Å². The molecule has 0 N–H and O–H groups in total. The van der Waals surface area contributed by atoms with Gasteiger partial charge in [-0.05, 0) is 34.2 Å². The first-order chi connectivity index (χ1) is 13.9. The van der Waals surface area contributed by atoms with E-state index in [9.17, 15) is 4.79 Å². The van der Waals surface area contributed by atoms with E-state index in [1.54, 1.807) is 0 Å². The van der Waals surface area contributed by atoms with Gasteiger partial charge in [0, 0.05) is 6.61 Å². The molecular weight excluding hydrogens is 376 g/mol. The van der Waals surface area contributed by atoms with Crippen molar-refractivity contribution >= 4 is 24.7 Å².